The lowest BCUT2D eigenvalue weighted by molar-refractivity contribution is -0.148. The standard InChI is InChI=1S/C10H18O2.C2H6/c1-8(12-9(2)11)10-6-4-3-5-7-10;1-2/h8,10H,3-7H2,1-2H3;1-2H3. The second-order valence-corrected chi connectivity index (χ2v) is 3.71. The number of carbonyl (C=O) groups excluding carboxylic acids is 1. The van der Waals surface area contributed by atoms with E-state index in [0.717, 1.165) is 0 Å². The molecule has 0 radical (unpaired) electrons. The number of hydrogen-bond acceptors (Lipinski definition) is 2. The van der Waals surface area contributed by atoms with E-state index < -0.39 is 0 Å². The number of rotatable bonds is 2. The summed E-state index contributed by atoms with van der Waals surface area (Å²) in [5.41, 5.74) is 0. The van der Waals surface area contributed by atoms with E-state index in [0.29, 0.717) is 5.92 Å². The van der Waals surface area contributed by atoms with Crippen LogP contribution in [0.1, 0.15) is 59.8 Å². The van der Waals surface area contributed by atoms with Crippen molar-refractivity contribution in [2.45, 2.75) is 65.9 Å². The highest BCUT2D eigenvalue weighted by molar-refractivity contribution is 5.66. The van der Waals surface area contributed by atoms with E-state index in [-0.39, 0.29) is 12.1 Å². The van der Waals surface area contributed by atoms with E-state index in [1.54, 1.807) is 0 Å². The van der Waals surface area contributed by atoms with Crippen LogP contribution in [0.4, 0.5) is 0 Å². The van der Waals surface area contributed by atoms with Crippen LogP contribution in [0.15, 0.2) is 0 Å². The Morgan fingerprint density at radius 3 is 2.14 bits per heavy atom. The zero-order valence-corrected chi connectivity index (χ0v) is 10.0. The first-order valence-electron chi connectivity index (χ1n) is 5.87. The Morgan fingerprint density at radius 2 is 1.71 bits per heavy atom. The Bertz CT molecular complexity index is 148. The quantitative estimate of drug-likeness (QED) is 0.637. The summed E-state index contributed by atoms with van der Waals surface area (Å²) in [7, 11) is 0. The maximum absolute atomic E-state index is 10.7. The van der Waals surface area contributed by atoms with Crippen LogP contribution in [0.2, 0.25) is 0 Å². The van der Waals surface area contributed by atoms with Crippen molar-refractivity contribution in [3.05, 3.63) is 0 Å². The van der Waals surface area contributed by atoms with Gasteiger partial charge in [-0.15, -0.1) is 0 Å². The molecule has 0 aliphatic heterocycles. The minimum absolute atomic E-state index is 0.128. The fourth-order valence-corrected chi connectivity index (χ4v) is 1.96. The molecule has 84 valence electrons. The number of hydrogen-bond donors (Lipinski definition) is 0. The SMILES string of the molecule is CC.CC(=O)OC(C)C1CCCCC1. The van der Waals surface area contributed by atoms with E-state index >= 15 is 0 Å². The summed E-state index contributed by atoms with van der Waals surface area (Å²) < 4.78 is 5.15. The summed E-state index contributed by atoms with van der Waals surface area (Å²) >= 11 is 0. The normalized spacial score (nSPS) is 19.1. The third kappa shape index (κ3) is 5.25. The molecule has 0 amide bonds. The fourth-order valence-electron chi connectivity index (χ4n) is 1.96. The van der Waals surface area contributed by atoms with Crippen LogP contribution in [0.25, 0.3) is 0 Å². The summed E-state index contributed by atoms with van der Waals surface area (Å²) in [6.45, 7) is 7.50. The summed E-state index contributed by atoms with van der Waals surface area (Å²) in [5, 5.41) is 0. The molecule has 1 fully saturated rings. The van der Waals surface area contributed by atoms with Crippen molar-refractivity contribution >= 4 is 5.97 Å². The lowest BCUT2D eigenvalue weighted by Crippen LogP contribution is -2.24. The van der Waals surface area contributed by atoms with Crippen molar-refractivity contribution in [1.82, 2.24) is 0 Å². The first kappa shape index (κ1) is 13.5. The van der Waals surface area contributed by atoms with Gasteiger partial charge in [0.2, 0.25) is 0 Å². The second-order valence-electron chi connectivity index (χ2n) is 3.71. The van der Waals surface area contributed by atoms with Gasteiger partial charge in [-0.3, -0.25) is 4.79 Å². The van der Waals surface area contributed by atoms with E-state index in [1.807, 2.05) is 20.8 Å². The van der Waals surface area contributed by atoms with E-state index in [4.69, 9.17) is 4.74 Å². The van der Waals surface area contributed by atoms with Gasteiger partial charge in [0, 0.05) is 6.92 Å². The van der Waals surface area contributed by atoms with Crippen LogP contribution in [-0.4, -0.2) is 12.1 Å². The second kappa shape index (κ2) is 7.84. The van der Waals surface area contributed by atoms with Crippen LogP contribution in [0.3, 0.4) is 0 Å². The molecule has 2 heteroatoms. The molecule has 1 aliphatic rings. The average molecular weight is 200 g/mol. The lowest BCUT2D eigenvalue weighted by Gasteiger charge is -2.26. The van der Waals surface area contributed by atoms with Crippen molar-refractivity contribution in [2.75, 3.05) is 0 Å². The third-order valence-electron chi connectivity index (χ3n) is 2.67. The molecule has 1 rings (SSSR count). The molecule has 14 heavy (non-hydrogen) atoms. The van der Waals surface area contributed by atoms with Gasteiger partial charge in [0.15, 0.2) is 0 Å². The van der Waals surface area contributed by atoms with Gasteiger partial charge in [-0.1, -0.05) is 33.1 Å². The van der Waals surface area contributed by atoms with Crippen molar-refractivity contribution < 1.29 is 9.53 Å². The molecule has 0 aromatic rings. The molecule has 0 bridgehead atoms. The van der Waals surface area contributed by atoms with Gasteiger partial charge < -0.3 is 4.74 Å². The molecule has 0 spiro atoms. The fraction of sp³-hybridized carbons (Fsp3) is 0.917. The summed E-state index contributed by atoms with van der Waals surface area (Å²) in [6.07, 6.45) is 6.54. The monoisotopic (exact) mass is 200 g/mol. The highest BCUT2D eigenvalue weighted by atomic mass is 16.5. The van der Waals surface area contributed by atoms with Crippen LogP contribution in [0, 0.1) is 5.92 Å². The van der Waals surface area contributed by atoms with Crippen molar-refractivity contribution in [3.63, 3.8) is 0 Å². The first-order chi connectivity index (χ1) is 6.70. The van der Waals surface area contributed by atoms with E-state index in [1.165, 1.54) is 39.0 Å². The highest BCUT2D eigenvalue weighted by Crippen LogP contribution is 2.27. The van der Waals surface area contributed by atoms with Gasteiger partial charge in [0.25, 0.3) is 0 Å². The number of esters is 1. The Balaban J connectivity index is 0.000000791. The van der Waals surface area contributed by atoms with Crippen molar-refractivity contribution in [2.24, 2.45) is 5.92 Å². The maximum Gasteiger partial charge on any atom is 0.302 e. The smallest absolute Gasteiger partial charge is 0.302 e. The third-order valence-corrected chi connectivity index (χ3v) is 2.67. The summed E-state index contributed by atoms with van der Waals surface area (Å²) in [5.74, 6) is 0.468. The van der Waals surface area contributed by atoms with Crippen molar-refractivity contribution in [3.8, 4) is 0 Å². The lowest BCUT2D eigenvalue weighted by atomic mass is 9.86. The van der Waals surface area contributed by atoms with Crippen LogP contribution in [0.5, 0.6) is 0 Å². The minimum Gasteiger partial charge on any atom is -0.463 e. The molecule has 0 heterocycles. The highest BCUT2D eigenvalue weighted by Gasteiger charge is 2.21. The largest absolute Gasteiger partial charge is 0.463 e. The van der Waals surface area contributed by atoms with Gasteiger partial charge in [-0.05, 0) is 25.7 Å². The van der Waals surface area contributed by atoms with Gasteiger partial charge in [0.1, 0.15) is 6.10 Å². The van der Waals surface area contributed by atoms with Crippen LogP contribution < -0.4 is 0 Å². The molecular weight excluding hydrogens is 176 g/mol. The molecule has 0 N–H and O–H groups in total. The van der Waals surface area contributed by atoms with E-state index in [2.05, 4.69) is 0 Å². The topological polar surface area (TPSA) is 26.3 Å². The first-order valence-corrected chi connectivity index (χ1v) is 5.87. The molecule has 0 aromatic heterocycles. The predicted molar refractivity (Wildman–Crippen MR) is 59.2 cm³/mol. The molecule has 1 aliphatic carbocycles. The zero-order chi connectivity index (χ0) is 11.0. The van der Waals surface area contributed by atoms with Crippen LogP contribution in [-0.2, 0) is 9.53 Å². The molecular formula is C12H24O2. The van der Waals surface area contributed by atoms with E-state index in [9.17, 15) is 4.79 Å². The zero-order valence-electron chi connectivity index (χ0n) is 10.0. The number of carbonyl (C=O) groups is 1. The van der Waals surface area contributed by atoms with Crippen LogP contribution >= 0.6 is 0 Å². The molecule has 1 unspecified atom stereocenters. The predicted octanol–water partition coefficient (Wildman–Crippen LogP) is 3.54. The molecule has 2 nitrogen and oxygen atoms in total. The Kier molecular flexibility index (Phi) is 7.54. The van der Waals surface area contributed by atoms with Gasteiger partial charge >= 0.3 is 5.97 Å². The molecule has 1 atom stereocenters. The summed E-state index contributed by atoms with van der Waals surface area (Å²) in [6, 6.07) is 0. The Morgan fingerprint density at radius 1 is 1.21 bits per heavy atom. The van der Waals surface area contributed by atoms with Gasteiger partial charge in [-0.25, -0.2) is 0 Å². The van der Waals surface area contributed by atoms with Gasteiger partial charge in [0.05, 0.1) is 0 Å². The molecule has 1 saturated carbocycles. The minimum atomic E-state index is -0.145. The molecule has 0 aromatic carbocycles. The number of ether oxygens (including phenoxy) is 1. The van der Waals surface area contributed by atoms with Crippen molar-refractivity contribution in [1.29, 1.82) is 0 Å². The average Bonchev–Trinajstić information content (AvgIpc) is 2.21. The maximum atomic E-state index is 10.7. The molecule has 0 saturated heterocycles. The van der Waals surface area contributed by atoms with Gasteiger partial charge in [-0.2, -0.15) is 0 Å². The Labute approximate surface area is 88.0 Å². The summed E-state index contributed by atoms with van der Waals surface area (Å²) in [4.78, 5) is 10.7. The Hall–Kier alpha value is -0.530.